The molecule has 0 fully saturated rings. The third-order valence-electron chi connectivity index (χ3n) is 2.98. The number of thioether (sulfide) groups is 1. The molecule has 3 heteroatoms. The van der Waals surface area contributed by atoms with Crippen LogP contribution in [0.5, 0.6) is 5.75 Å². The van der Waals surface area contributed by atoms with Gasteiger partial charge in [0.05, 0.1) is 7.11 Å². The molecular formula is C16H16O2S. The predicted octanol–water partition coefficient (Wildman–Crippen LogP) is 3.79. The van der Waals surface area contributed by atoms with E-state index in [1.807, 2.05) is 54.8 Å². The van der Waals surface area contributed by atoms with Gasteiger partial charge in [-0.05, 0) is 35.9 Å². The minimum absolute atomic E-state index is 0.115. The molecular weight excluding hydrogens is 256 g/mol. The number of carbonyl (C=O) groups is 1. The average molecular weight is 272 g/mol. The normalized spacial score (nSPS) is 10.2. The highest BCUT2D eigenvalue weighted by molar-refractivity contribution is 8.13. The van der Waals surface area contributed by atoms with Crippen LogP contribution in [-0.4, -0.2) is 18.5 Å². The van der Waals surface area contributed by atoms with Crippen molar-refractivity contribution in [2.75, 3.05) is 13.4 Å². The van der Waals surface area contributed by atoms with Crippen molar-refractivity contribution in [1.29, 1.82) is 0 Å². The van der Waals surface area contributed by atoms with Crippen LogP contribution in [0.4, 0.5) is 0 Å². The molecule has 98 valence electrons. The highest BCUT2D eigenvalue weighted by Crippen LogP contribution is 2.20. The summed E-state index contributed by atoms with van der Waals surface area (Å²) in [5, 5.41) is 0.115. The number of carbonyl (C=O) groups excluding carboxylic acids is 1. The Balaban J connectivity index is 2.25. The van der Waals surface area contributed by atoms with Crippen molar-refractivity contribution in [3.8, 4) is 5.75 Å². The van der Waals surface area contributed by atoms with Crippen molar-refractivity contribution in [2.24, 2.45) is 0 Å². The molecule has 2 nitrogen and oxygen atoms in total. The van der Waals surface area contributed by atoms with Crippen molar-refractivity contribution in [1.82, 2.24) is 0 Å². The zero-order chi connectivity index (χ0) is 13.7. The maximum absolute atomic E-state index is 11.9. The van der Waals surface area contributed by atoms with Crippen LogP contribution in [0.15, 0.2) is 48.5 Å². The van der Waals surface area contributed by atoms with Crippen molar-refractivity contribution in [3.63, 3.8) is 0 Å². The number of hydrogen-bond donors (Lipinski definition) is 0. The summed E-state index contributed by atoms with van der Waals surface area (Å²) in [4.78, 5) is 11.9. The number of benzene rings is 2. The molecule has 0 spiro atoms. The van der Waals surface area contributed by atoms with Crippen LogP contribution >= 0.6 is 11.8 Å². The summed E-state index contributed by atoms with van der Waals surface area (Å²) in [6.07, 6.45) is 2.57. The summed E-state index contributed by atoms with van der Waals surface area (Å²) in [6, 6.07) is 15.7. The molecule has 0 amide bonds. The molecule has 0 N–H and O–H groups in total. The van der Waals surface area contributed by atoms with Crippen molar-refractivity contribution >= 4 is 16.9 Å². The number of methoxy groups -OCH3 is 1. The quantitative estimate of drug-likeness (QED) is 0.847. The highest BCUT2D eigenvalue weighted by Gasteiger charge is 2.09. The van der Waals surface area contributed by atoms with Crippen molar-refractivity contribution in [3.05, 3.63) is 65.2 Å². The molecule has 0 aliphatic heterocycles. The topological polar surface area (TPSA) is 26.3 Å². The van der Waals surface area contributed by atoms with Gasteiger partial charge in [0, 0.05) is 5.56 Å². The maximum atomic E-state index is 11.9. The summed E-state index contributed by atoms with van der Waals surface area (Å²) in [7, 11) is 1.65. The van der Waals surface area contributed by atoms with Gasteiger partial charge < -0.3 is 4.74 Å². The molecule has 0 aromatic heterocycles. The van der Waals surface area contributed by atoms with Crippen molar-refractivity contribution < 1.29 is 9.53 Å². The van der Waals surface area contributed by atoms with E-state index in [2.05, 4.69) is 0 Å². The fourth-order valence-electron chi connectivity index (χ4n) is 1.95. The molecule has 19 heavy (non-hydrogen) atoms. The van der Waals surface area contributed by atoms with Gasteiger partial charge in [0.1, 0.15) is 5.75 Å². The molecule has 2 rings (SSSR count). The lowest BCUT2D eigenvalue weighted by molar-refractivity contribution is 0.108. The van der Waals surface area contributed by atoms with E-state index in [0.717, 1.165) is 23.3 Å². The van der Waals surface area contributed by atoms with E-state index in [0.29, 0.717) is 0 Å². The number of hydrogen-bond acceptors (Lipinski definition) is 3. The lowest BCUT2D eigenvalue weighted by atomic mass is 10.0. The lowest BCUT2D eigenvalue weighted by Gasteiger charge is -2.08. The molecule has 2 aromatic carbocycles. The third-order valence-corrected chi connectivity index (χ3v) is 3.57. The Labute approximate surface area is 117 Å². The summed E-state index contributed by atoms with van der Waals surface area (Å²) >= 11 is 1.25. The van der Waals surface area contributed by atoms with Crippen LogP contribution in [0.2, 0.25) is 0 Å². The zero-order valence-corrected chi connectivity index (χ0v) is 11.9. The second-order valence-electron chi connectivity index (χ2n) is 4.17. The standard InChI is InChI=1S/C16H16O2S/c1-18-14-9-7-12(8-10-14)11-13-5-3-4-6-15(13)16(17)19-2/h3-10H,11H2,1-2H3. The Hall–Kier alpha value is -1.74. The average Bonchev–Trinajstić information content (AvgIpc) is 2.48. The molecule has 0 saturated carbocycles. The zero-order valence-electron chi connectivity index (χ0n) is 11.1. The molecule has 0 bridgehead atoms. The molecule has 0 radical (unpaired) electrons. The Morgan fingerprint density at radius 1 is 1.11 bits per heavy atom. The van der Waals surface area contributed by atoms with Gasteiger partial charge in [-0.2, -0.15) is 0 Å². The predicted molar refractivity (Wildman–Crippen MR) is 80.1 cm³/mol. The van der Waals surface area contributed by atoms with Gasteiger partial charge in [0.2, 0.25) is 5.12 Å². The lowest BCUT2D eigenvalue weighted by Crippen LogP contribution is -2.00. The summed E-state index contributed by atoms with van der Waals surface area (Å²) in [5.74, 6) is 0.845. The van der Waals surface area contributed by atoms with Gasteiger partial charge in [-0.25, -0.2) is 0 Å². The van der Waals surface area contributed by atoms with Gasteiger partial charge in [-0.3, -0.25) is 4.79 Å². The highest BCUT2D eigenvalue weighted by atomic mass is 32.2. The number of rotatable bonds is 4. The summed E-state index contributed by atoms with van der Waals surface area (Å²) in [5.41, 5.74) is 3.03. The van der Waals surface area contributed by atoms with E-state index in [-0.39, 0.29) is 5.12 Å². The SMILES string of the molecule is COc1ccc(Cc2ccccc2C(=O)SC)cc1. The van der Waals surface area contributed by atoms with Crippen molar-refractivity contribution in [2.45, 2.75) is 6.42 Å². The maximum Gasteiger partial charge on any atom is 0.219 e. The van der Waals surface area contributed by atoms with Crippen LogP contribution in [0, 0.1) is 0 Å². The van der Waals surface area contributed by atoms with Crippen LogP contribution in [0.3, 0.4) is 0 Å². The van der Waals surface area contributed by atoms with Crippen LogP contribution in [-0.2, 0) is 6.42 Å². The Morgan fingerprint density at radius 3 is 2.42 bits per heavy atom. The first-order chi connectivity index (χ1) is 9.24. The van der Waals surface area contributed by atoms with Crippen LogP contribution in [0.25, 0.3) is 0 Å². The van der Waals surface area contributed by atoms with Gasteiger partial charge in [0.15, 0.2) is 0 Å². The first-order valence-corrected chi connectivity index (χ1v) is 7.26. The van der Waals surface area contributed by atoms with E-state index in [1.54, 1.807) is 7.11 Å². The van der Waals surface area contributed by atoms with Gasteiger partial charge in [-0.15, -0.1) is 0 Å². The molecule has 0 atom stereocenters. The smallest absolute Gasteiger partial charge is 0.219 e. The second kappa shape index (κ2) is 6.43. The minimum atomic E-state index is 0.115. The summed E-state index contributed by atoms with van der Waals surface area (Å²) < 4.78 is 5.14. The fraction of sp³-hybridized carbons (Fsp3) is 0.188. The monoisotopic (exact) mass is 272 g/mol. The van der Waals surface area contributed by atoms with Gasteiger partial charge >= 0.3 is 0 Å². The van der Waals surface area contributed by atoms with Crippen LogP contribution in [0.1, 0.15) is 21.5 Å². The Bertz CT molecular complexity index is 561. The molecule has 2 aromatic rings. The molecule has 0 aliphatic carbocycles. The van der Waals surface area contributed by atoms with E-state index >= 15 is 0 Å². The third kappa shape index (κ3) is 3.38. The van der Waals surface area contributed by atoms with E-state index in [9.17, 15) is 4.79 Å². The minimum Gasteiger partial charge on any atom is -0.497 e. The number of ether oxygens (including phenoxy) is 1. The second-order valence-corrected chi connectivity index (χ2v) is 4.95. The van der Waals surface area contributed by atoms with Gasteiger partial charge in [0.25, 0.3) is 0 Å². The summed E-state index contributed by atoms with van der Waals surface area (Å²) in [6.45, 7) is 0. The largest absolute Gasteiger partial charge is 0.497 e. The van der Waals surface area contributed by atoms with Crippen LogP contribution < -0.4 is 4.74 Å². The molecule has 0 heterocycles. The fourth-order valence-corrected chi connectivity index (χ4v) is 2.37. The molecule has 0 saturated heterocycles. The Kier molecular flexibility index (Phi) is 4.63. The first kappa shape index (κ1) is 13.7. The van der Waals surface area contributed by atoms with E-state index < -0.39 is 0 Å². The van der Waals surface area contributed by atoms with Gasteiger partial charge in [-0.1, -0.05) is 48.2 Å². The molecule has 0 unspecified atom stereocenters. The molecule has 0 aliphatic rings. The first-order valence-electron chi connectivity index (χ1n) is 6.03. The van der Waals surface area contributed by atoms with E-state index in [1.165, 1.54) is 17.3 Å². The van der Waals surface area contributed by atoms with E-state index in [4.69, 9.17) is 4.74 Å². The Morgan fingerprint density at radius 2 is 1.79 bits per heavy atom.